The largest absolute Gasteiger partial charge is 0.337 e. The third kappa shape index (κ3) is 3.81. The van der Waals surface area contributed by atoms with E-state index >= 15 is 0 Å². The van der Waals surface area contributed by atoms with Crippen molar-refractivity contribution < 1.29 is 13.2 Å². The van der Waals surface area contributed by atoms with Gasteiger partial charge in [0.25, 0.3) is 5.91 Å². The van der Waals surface area contributed by atoms with Crippen molar-refractivity contribution in [2.45, 2.75) is 26.8 Å². The zero-order valence-electron chi connectivity index (χ0n) is 11.1. The Morgan fingerprint density at radius 1 is 1.44 bits per heavy atom. The molecule has 0 bridgehead atoms. The summed E-state index contributed by atoms with van der Waals surface area (Å²) in [6.07, 6.45) is 0. The van der Waals surface area contributed by atoms with Gasteiger partial charge in [0, 0.05) is 23.7 Å². The SMILES string of the molecule is CCS(=O)(=O)C[C@@H](C)N(C)C(=O)c1ccc(C)s1. The number of hydrogen-bond acceptors (Lipinski definition) is 4. The summed E-state index contributed by atoms with van der Waals surface area (Å²) in [5.74, 6) is 0.0000207. The molecule has 0 aromatic carbocycles. The fraction of sp³-hybridized carbons (Fsp3) is 0.583. The Hall–Kier alpha value is -0.880. The van der Waals surface area contributed by atoms with Crippen LogP contribution in [-0.2, 0) is 9.84 Å². The van der Waals surface area contributed by atoms with E-state index in [1.807, 2.05) is 13.0 Å². The molecular formula is C12H19NO3S2. The van der Waals surface area contributed by atoms with Crippen LogP contribution in [0.3, 0.4) is 0 Å². The molecule has 1 amide bonds. The van der Waals surface area contributed by atoms with Crippen LogP contribution in [-0.4, -0.2) is 43.8 Å². The zero-order valence-corrected chi connectivity index (χ0v) is 12.8. The Morgan fingerprint density at radius 2 is 2.06 bits per heavy atom. The second kappa shape index (κ2) is 5.84. The molecule has 0 spiro atoms. The maximum atomic E-state index is 12.1. The first-order chi connectivity index (χ1) is 8.26. The number of carbonyl (C=O) groups excluding carboxylic acids is 1. The average molecular weight is 289 g/mol. The smallest absolute Gasteiger partial charge is 0.263 e. The fourth-order valence-corrected chi connectivity index (χ4v) is 3.57. The maximum absolute atomic E-state index is 12.1. The van der Waals surface area contributed by atoms with Crippen LogP contribution in [0, 0.1) is 6.92 Å². The summed E-state index contributed by atoms with van der Waals surface area (Å²) in [7, 11) is -1.42. The Balaban J connectivity index is 2.75. The van der Waals surface area contributed by atoms with Crippen molar-refractivity contribution in [3.05, 3.63) is 21.9 Å². The first-order valence-corrected chi connectivity index (χ1v) is 8.44. The zero-order chi connectivity index (χ0) is 13.9. The van der Waals surface area contributed by atoms with E-state index < -0.39 is 9.84 Å². The first-order valence-electron chi connectivity index (χ1n) is 5.81. The molecule has 1 aromatic rings. The third-order valence-corrected chi connectivity index (χ3v) is 5.73. The van der Waals surface area contributed by atoms with Gasteiger partial charge in [-0.2, -0.15) is 0 Å². The van der Waals surface area contributed by atoms with Gasteiger partial charge in [0.1, 0.15) is 0 Å². The van der Waals surface area contributed by atoms with Gasteiger partial charge in [-0.15, -0.1) is 11.3 Å². The highest BCUT2D eigenvalue weighted by atomic mass is 32.2. The molecule has 0 saturated heterocycles. The molecule has 0 fully saturated rings. The predicted molar refractivity (Wildman–Crippen MR) is 74.9 cm³/mol. The monoisotopic (exact) mass is 289 g/mol. The Labute approximate surface area is 113 Å². The van der Waals surface area contributed by atoms with Crippen molar-refractivity contribution in [1.29, 1.82) is 0 Å². The van der Waals surface area contributed by atoms with Crippen molar-refractivity contribution in [1.82, 2.24) is 4.90 Å². The van der Waals surface area contributed by atoms with Crippen molar-refractivity contribution in [3.63, 3.8) is 0 Å². The van der Waals surface area contributed by atoms with Crippen LogP contribution in [0.1, 0.15) is 28.4 Å². The average Bonchev–Trinajstić information content (AvgIpc) is 2.73. The first kappa shape index (κ1) is 15.2. The minimum absolute atomic E-state index is 0.0100. The van der Waals surface area contributed by atoms with Gasteiger partial charge < -0.3 is 4.90 Å². The third-order valence-electron chi connectivity index (χ3n) is 2.87. The number of nitrogens with zero attached hydrogens (tertiary/aromatic N) is 1. The van der Waals surface area contributed by atoms with Gasteiger partial charge in [-0.25, -0.2) is 8.42 Å². The lowest BCUT2D eigenvalue weighted by Crippen LogP contribution is -2.39. The lowest BCUT2D eigenvalue weighted by atomic mass is 10.3. The van der Waals surface area contributed by atoms with E-state index in [1.165, 1.54) is 16.2 Å². The predicted octanol–water partition coefficient (Wildman–Crippen LogP) is 1.95. The molecular weight excluding hydrogens is 270 g/mol. The van der Waals surface area contributed by atoms with Crippen LogP contribution >= 0.6 is 11.3 Å². The summed E-state index contributed by atoms with van der Waals surface area (Å²) in [5, 5.41) is 0. The molecule has 1 atom stereocenters. The highest BCUT2D eigenvalue weighted by molar-refractivity contribution is 7.91. The number of rotatable bonds is 5. The van der Waals surface area contributed by atoms with Crippen LogP contribution in [0.25, 0.3) is 0 Å². The maximum Gasteiger partial charge on any atom is 0.263 e. The minimum Gasteiger partial charge on any atom is -0.337 e. The molecule has 0 radical (unpaired) electrons. The van der Waals surface area contributed by atoms with Gasteiger partial charge in [0.2, 0.25) is 0 Å². The number of thiophene rings is 1. The Bertz CT molecular complexity index is 519. The van der Waals surface area contributed by atoms with Gasteiger partial charge >= 0.3 is 0 Å². The van der Waals surface area contributed by atoms with Crippen molar-refractivity contribution in [3.8, 4) is 0 Å². The van der Waals surface area contributed by atoms with Crippen molar-refractivity contribution >= 4 is 27.1 Å². The van der Waals surface area contributed by atoms with Crippen LogP contribution in [0.2, 0.25) is 0 Å². The normalized spacial score (nSPS) is 13.3. The Kier molecular flexibility index (Phi) is 4.92. The van der Waals surface area contributed by atoms with E-state index in [0.29, 0.717) is 4.88 Å². The summed E-state index contributed by atoms with van der Waals surface area (Å²) in [5.41, 5.74) is 0. The standard InChI is InChI=1S/C12H19NO3S2/c1-5-18(15,16)8-9(2)13(4)12(14)11-7-6-10(3)17-11/h6-7,9H,5,8H2,1-4H3/t9-/m1/s1. The van der Waals surface area contributed by atoms with E-state index in [4.69, 9.17) is 0 Å². The lowest BCUT2D eigenvalue weighted by Gasteiger charge is -2.24. The fourth-order valence-electron chi connectivity index (χ4n) is 1.52. The molecule has 0 unspecified atom stereocenters. The topological polar surface area (TPSA) is 54.5 Å². The summed E-state index contributed by atoms with van der Waals surface area (Å²) >= 11 is 1.42. The number of aryl methyl sites for hydroxylation is 1. The summed E-state index contributed by atoms with van der Waals surface area (Å²) in [6, 6.07) is 3.35. The molecule has 0 aliphatic heterocycles. The minimum atomic E-state index is -3.06. The Morgan fingerprint density at radius 3 is 2.50 bits per heavy atom. The van der Waals surface area contributed by atoms with E-state index in [2.05, 4.69) is 0 Å². The summed E-state index contributed by atoms with van der Waals surface area (Å²) in [4.78, 5) is 15.3. The summed E-state index contributed by atoms with van der Waals surface area (Å²) in [6.45, 7) is 5.31. The number of hydrogen-bond donors (Lipinski definition) is 0. The van der Waals surface area contributed by atoms with Gasteiger partial charge in [-0.1, -0.05) is 6.92 Å². The highest BCUT2D eigenvalue weighted by Crippen LogP contribution is 2.18. The van der Waals surface area contributed by atoms with E-state index in [9.17, 15) is 13.2 Å². The molecule has 18 heavy (non-hydrogen) atoms. The van der Waals surface area contributed by atoms with Gasteiger partial charge in [0.15, 0.2) is 9.84 Å². The summed E-state index contributed by atoms with van der Waals surface area (Å²) < 4.78 is 23.1. The van der Waals surface area contributed by atoms with Crippen molar-refractivity contribution in [2.75, 3.05) is 18.6 Å². The molecule has 0 aliphatic rings. The van der Waals surface area contributed by atoms with E-state index in [0.717, 1.165) is 4.88 Å². The van der Waals surface area contributed by atoms with Gasteiger partial charge in [-0.3, -0.25) is 4.79 Å². The van der Waals surface area contributed by atoms with Crippen LogP contribution in [0.4, 0.5) is 0 Å². The molecule has 4 nitrogen and oxygen atoms in total. The molecule has 0 N–H and O–H groups in total. The van der Waals surface area contributed by atoms with Crippen LogP contribution in [0.5, 0.6) is 0 Å². The molecule has 1 heterocycles. The van der Waals surface area contributed by atoms with Crippen LogP contribution in [0.15, 0.2) is 12.1 Å². The second-order valence-electron chi connectivity index (χ2n) is 4.37. The molecule has 0 aliphatic carbocycles. The molecule has 1 aromatic heterocycles. The van der Waals surface area contributed by atoms with Gasteiger partial charge in [-0.05, 0) is 26.0 Å². The number of sulfone groups is 1. The number of carbonyl (C=O) groups is 1. The van der Waals surface area contributed by atoms with E-state index in [-0.39, 0.29) is 23.5 Å². The second-order valence-corrected chi connectivity index (χ2v) is 8.06. The molecule has 102 valence electrons. The van der Waals surface area contributed by atoms with Crippen molar-refractivity contribution in [2.24, 2.45) is 0 Å². The lowest BCUT2D eigenvalue weighted by molar-refractivity contribution is 0.0761. The molecule has 6 heteroatoms. The quantitative estimate of drug-likeness (QED) is 0.832. The number of amides is 1. The highest BCUT2D eigenvalue weighted by Gasteiger charge is 2.22. The molecule has 0 saturated carbocycles. The van der Waals surface area contributed by atoms with E-state index in [1.54, 1.807) is 27.0 Å². The molecule has 1 rings (SSSR count). The van der Waals surface area contributed by atoms with Crippen LogP contribution < -0.4 is 0 Å². The van der Waals surface area contributed by atoms with Gasteiger partial charge in [0.05, 0.1) is 10.6 Å².